The van der Waals surface area contributed by atoms with E-state index in [0.717, 1.165) is 6.07 Å². The van der Waals surface area contributed by atoms with E-state index >= 15 is 0 Å². The quantitative estimate of drug-likeness (QED) is 0.672. The molecule has 1 heterocycles. The predicted octanol–water partition coefficient (Wildman–Crippen LogP) is 2.14. The topological polar surface area (TPSA) is 50.2 Å². The number of carbonyl (C=O) groups is 1. The van der Waals surface area contributed by atoms with Gasteiger partial charge in [0, 0.05) is 3.57 Å². The standard InChI is InChI=1S/C7H4F2INO2/c8-7(9)6-5(13)1-3(10)4(2-12)11-6/h1-2,7,13H. The van der Waals surface area contributed by atoms with Crippen LogP contribution >= 0.6 is 22.6 Å². The average Bonchev–Trinajstić information content (AvgIpc) is 2.03. The van der Waals surface area contributed by atoms with Gasteiger partial charge in [0.2, 0.25) is 0 Å². The molecule has 1 N–H and O–H groups in total. The Hall–Kier alpha value is -0.790. The Morgan fingerprint density at radius 2 is 2.23 bits per heavy atom. The van der Waals surface area contributed by atoms with Gasteiger partial charge in [-0.2, -0.15) is 0 Å². The van der Waals surface area contributed by atoms with Gasteiger partial charge in [0.25, 0.3) is 6.43 Å². The van der Waals surface area contributed by atoms with Crippen molar-refractivity contribution in [3.63, 3.8) is 0 Å². The van der Waals surface area contributed by atoms with Crippen LogP contribution < -0.4 is 0 Å². The Morgan fingerprint density at radius 1 is 1.62 bits per heavy atom. The Kier molecular flexibility index (Phi) is 3.12. The molecule has 0 saturated carbocycles. The van der Waals surface area contributed by atoms with Crippen molar-refractivity contribution < 1.29 is 18.7 Å². The first-order valence-electron chi connectivity index (χ1n) is 3.19. The number of aldehydes is 1. The van der Waals surface area contributed by atoms with Crippen molar-refractivity contribution in [2.75, 3.05) is 0 Å². The van der Waals surface area contributed by atoms with E-state index in [1.54, 1.807) is 22.6 Å². The maximum absolute atomic E-state index is 12.1. The lowest BCUT2D eigenvalue weighted by Gasteiger charge is -2.04. The summed E-state index contributed by atoms with van der Waals surface area (Å²) < 4.78 is 24.6. The number of carbonyl (C=O) groups excluding carboxylic acids is 1. The van der Waals surface area contributed by atoms with Crippen molar-refractivity contribution >= 4 is 28.9 Å². The van der Waals surface area contributed by atoms with Gasteiger partial charge >= 0.3 is 0 Å². The highest BCUT2D eigenvalue weighted by Gasteiger charge is 2.17. The molecule has 0 fully saturated rings. The molecule has 0 amide bonds. The van der Waals surface area contributed by atoms with Crippen molar-refractivity contribution in [1.82, 2.24) is 4.98 Å². The van der Waals surface area contributed by atoms with Crippen LogP contribution in [-0.2, 0) is 0 Å². The van der Waals surface area contributed by atoms with Crippen molar-refractivity contribution in [2.45, 2.75) is 6.43 Å². The number of alkyl halides is 2. The van der Waals surface area contributed by atoms with E-state index in [2.05, 4.69) is 4.98 Å². The Balaban J connectivity index is 3.30. The van der Waals surface area contributed by atoms with Crippen LogP contribution in [0.2, 0.25) is 0 Å². The minimum atomic E-state index is -2.88. The fourth-order valence-corrected chi connectivity index (χ4v) is 1.29. The van der Waals surface area contributed by atoms with E-state index in [4.69, 9.17) is 5.11 Å². The number of rotatable bonds is 2. The normalized spacial score (nSPS) is 10.5. The molecule has 0 saturated heterocycles. The molecule has 1 aromatic rings. The van der Waals surface area contributed by atoms with Crippen LogP contribution in [0, 0.1) is 3.57 Å². The van der Waals surface area contributed by atoms with Crippen molar-refractivity contribution in [3.8, 4) is 5.75 Å². The molecule has 0 aliphatic rings. The number of aromatic nitrogens is 1. The first kappa shape index (κ1) is 10.3. The minimum Gasteiger partial charge on any atom is -0.506 e. The number of pyridine rings is 1. The fraction of sp³-hybridized carbons (Fsp3) is 0.143. The average molecular weight is 299 g/mol. The smallest absolute Gasteiger partial charge is 0.284 e. The van der Waals surface area contributed by atoms with Gasteiger partial charge in [-0.05, 0) is 28.7 Å². The van der Waals surface area contributed by atoms with Gasteiger partial charge in [0.05, 0.1) is 0 Å². The van der Waals surface area contributed by atoms with E-state index in [9.17, 15) is 13.6 Å². The van der Waals surface area contributed by atoms with E-state index in [1.807, 2.05) is 0 Å². The lowest BCUT2D eigenvalue weighted by molar-refractivity contribution is 0.111. The fourth-order valence-electron chi connectivity index (χ4n) is 0.752. The lowest BCUT2D eigenvalue weighted by Crippen LogP contribution is -1.98. The maximum atomic E-state index is 12.1. The zero-order valence-electron chi connectivity index (χ0n) is 6.17. The summed E-state index contributed by atoms with van der Waals surface area (Å²) in [6, 6.07) is 1.08. The zero-order valence-corrected chi connectivity index (χ0v) is 8.33. The number of aromatic hydroxyl groups is 1. The number of halogens is 3. The molecule has 0 aliphatic carbocycles. The zero-order chi connectivity index (χ0) is 10.0. The van der Waals surface area contributed by atoms with Gasteiger partial charge in [-0.25, -0.2) is 13.8 Å². The predicted molar refractivity (Wildman–Crippen MR) is 49.0 cm³/mol. The van der Waals surface area contributed by atoms with Crippen LogP contribution in [0.3, 0.4) is 0 Å². The summed E-state index contributed by atoms with van der Waals surface area (Å²) in [6.07, 6.45) is -2.51. The van der Waals surface area contributed by atoms with Crippen LogP contribution in [0.1, 0.15) is 22.6 Å². The second-order valence-electron chi connectivity index (χ2n) is 2.18. The molecule has 6 heteroatoms. The summed E-state index contributed by atoms with van der Waals surface area (Å²) in [4.78, 5) is 13.6. The van der Waals surface area contributed by atoms with Gasteiger partial charge in [-0.3, -0.25) is 4.79 Å². The van der Waals surface area contributed by atoms with E-state index < -0.39 is 17.9 Å². The minimum absolute atomic E-state index is 0.0892. The molecule has 3 nitrogen and oxygen atoms in total. The van der Waals surface area contributed by atoms with Crippen molar-refractivity contribution in [3.05, 3.63) is 21.0 Å². The highest BCUT2D eigenvalue weighted by atomic mass is 127. The van der Waals surface area contributed by atoms with Crippen LogP contribution in [0.5, 0.6) is 5.75 Å². The Bertz CT molecular complexity index is 344. The maximum Gasteiger partial charge on any atom is 0.284 e. The molecule has 0 bridgehead atoms. The summed E-state index contributed by atoms with van der Waals surface area (Å²) >= 11 is 1.73. The van der Waals surface area contributed by atoms with E-state index in [1.165, 1.54) is 0 Å². The van der Waals surface area contributed by atoms with Gasteiger partial charge in [-0.15, -0.1) is 0 Å². The van der Waals surface area contributed by atoms with Gasteiger partial charge in [0.15, 0.2) is 6.29 Å². The first-order valence-corrected chi connectivity index (χ1v) is 4.27. The molecule has 0 spiro atoms. The highest BCUT2D eigenvalue weighted by molar-refractivity contribution is 14.1. The van der Waals surface area contributed by atoms with Crippen LogP contribution in [0.25, 0.3) is 0 Å². The summed E-state index contributed by atoms with van der Waals surface area (Å²) in [7, 11) is 0. The second kappa shape index (κ2) is 3.95. The van der Waals surface area contributed by atoms with E-state index in [-0.39, 0.29) is 5.69 Å². The molecule has 0 atom stereocenters. The SMILES string of the molecule is O=Cc1nc(C(F)F)c(O)cc1I. The molecule has 0 unspecified atom stereocenters. The van der Waals surface area contributed by atoms with Crippen LogP contribution in [0.15, 0.2) is 6.07 Å². The van der Waals surface area contributed by atoms with Gasteiger partial charge < -0.3 is 5.11 Å². The van der Waals surface area contributed by atoms with Crippen LogP contribution in [0.4, 0.5) is 8.78 Å². The van der Waals surface area contributed by atoms with E-state index in [0.29, 0.717) is 9.86 Å². The number of hydrogen-bond acceptors (Lipinski definition) is 3. The van der Waals surface area contributed by atoms with Gasteiger partial charge in [0.1, 0.15) is 17.1 Å². The summed E-state index contributed by atoms with van der Waals surface area (Å²) in [5, 5.41) is 9.02. The second-order valence-corrected chi connectivity index (χ2v) is 3.34. The molecule has 1 aromatic heterocycles. The highest BCUT2D eigenvalue weighted by Crippen LogP contribution is 2.28. The summed E-state index contributed by atoms with van der Waals surface area (Å²) in [5.41, 5.74) is -0.851. The summed E-state index contributed by atoms with van der Waals surface area (Å²) in [5.74, 6) is -0.593. The Labute approximate surface area is 85.9 Å². The molecule has 0 aliphatic heterocycles. The number of nitrogens with zero attached hydrogens (tertiary/aromatic N) is 1. The Morgan fingerprint density at radius 3 is 2.69 bits per heavy atom. The molecular formula is C7H4F2INO2. The molecule has 70 valence electrons. The molecule has 0 radical (unpaired) electrons. The third kappa shape index (κ3) is 2.11. The number of hydrogen-bond donors (Lipinski definition) is 1. The van der Waals surface area contributed by atoms with Crippen molar-refractivity contribution in [1.29, 1.82) is 0 Å². The summed E-state index contributed by atoms with van der Waals surface area (Å²) in [6.45, 7) is 0. The third-order valence-electron chi connectivity index (χ3n) is 1.33. The first-order chi connectivity index (χ1) is 6.06. The van der Waals surface area contributed by atoms with Gasteiger partial charge in [-0.1, -0.05) is 0 Å². The van der Waals surface area contributed by atoms with Crippen LogP contribution in [-0.4, -0.2) is 16.4 Å². The largest absolute Gasteiger partial charge is 0.506 e. The molecule has 0 aromatic carbocycles. The third-order valence-corrected chi connectivity index (χ3v) is 2.19. The monoisotopic (exact) mass is 299 g/mol. The van der Waals surface area contributed by atoms with Crippen molar-refractivity contribution in [2.24, 2.45) is 0 Å². The lowest BCUT2D eigenvalue weighted by atomic mass is 10.3. The molecular weight excluding hydrogens is 295 g/mol. The molecule has 13 heavy (non-hydrogen) atoms. The molecule has 1 rings (SSSR count).